The monoisotopic (exact) mass is 241 g/mol. The van der Waals surface area contributed by atoms with E-state index in [0.29, 0.717) is 6.04 Å². The van der Waals surface area contributed by atoms with Gasteiger partial charge in [-0.25, -0.2) is 0 Å². The lowest BCUT2D eigenvalue weighted by atomic mass is 10.1. The van der Waals surface area contributed by atoms with Gasteiger partial charge in [0.15, 0.2) is 0 Å². The third kappa shape index (κ3) is 3.12. The van der Waals surface area contributed by atoms with Gasteiger partial charge in [0.05, 0.1) is 0 Å². The SMILES string of the molecule is CCCNC(C)c1ccccc1Br. The topological polar surface area (TPSA) is 12.0 Å². The summed E-state index contributed by atoms with van der Waals surface area (Å²) in [6.45, 7) is 5.44. The number of hydrogen-bond donors (Lipinski definition) is 1. The van der Waals surface area contributed by atoms with Crippen molar-refractivity contribution in [2.45, 2.75) is 26.3 Å². The van der Waals surface area contributed by atoms with Crippen LogP contribution in [0.3, 0.4) is 0 Å². The second-order valence-corrected chi connectivity index (χ2v) is 4.05. The number of nitrogens with one attached hydrogen (secondary N) is 1. The maximum absolute atomic E-state index is 3.55. The number of rotatable bonds is 4. The van der Waals surface area contributed by atoms with E-state index >= 15 is 0 Å². The number of hydrogen-bond acceptors (Lipinski definition) is 1. The zero-order valence-electron chi connectivity index (χ0n) is 8.18. The molecule has 0 radical (unpaired) electrons. The quantitative estimate of drug-likeness (QED) is 0.851. The molecule has 1 N–H and O–H groups in total. The summed E-state index contributed by atoms with van der Waals surface area (Å²) < 4.78 is 1.19. The fourth-order valence-corrected chi connectivity index (χ4v) is 1.93. The third-order valence-electron chi connectivity index (χ3n) is 2.07. The lowest BCUT2D eigenvalue weighted by Crippen LogP contribution is -2.19. The van der Waals surface area contributed by atoms with E-state index in [1.807, 2.05) is 6.07 Å². The first-order valence-corrected chi connectivity index (χ1v) is 5.52. The maximum Gasteiger partial charge on any atom is 0.0302 e. The highest BCUT2D eigenvalue weighted by atomic mass is 79.9. The molecule has 0 amide bonds. The lowest BCUT2D eigenvalue weighted by molar-refractivity contribution is 0.569. The summed E-state index contributed by atoms with van der Waals surface area (Å²) in [6, 6.07) is 8.77. The Morgan fingerprint density at radius 2 is 2.08 bits per heavy atom. The second kappa shape index (κ2) is 5.40. The summed E-state index contributed by atoms with van der Waals surface area (Å²) in [6.07, 6.45) is 1.18. The molecule has 1 atom stereocenters. The van der Waals surface area contributed by atoms with Crippen molar-refractivity contribution in [2.75, 3.05) is 6.54 Å². The van der Waals surface area contributed by atoms with E-state index in [1.54, 1.807) is 0 Å². The molecular weight excluding hydrogens is 226 g/mol. The van der Waals surface area contributed by atoms with Crippen LogP contribution >= 0.6 is 15.9 Å². The van der Waals surface area contributed by atoms with Gasteiger partial charge in [-0.1, -0.05) is 41.1 Å². The van der Waals surface area contributed by atoms with Gasteiger partial charge in [0.1, 0.15) is 0 Å². The molecule has 0 saturated heterocycles. The molecule has 2 heteroatoms. The molecule has 1 aromatic rings. The van der Waals surface area contributed by atoms with Crippen LogP contribution in [-0.4, -0.2) is 6.54 Å². The Balaban J connectivity index is 2.65. The second-order valence-electron chi connectivity index (χ2n) is 3.20. The van der Waals surface area contributed by atoms with Gasteiger partial charge in [0, 0.05) is 10.5 Å². The van der Waals surface area contributed by atoms with Crippen LogP contribution in [0.4, 0.5) is 0 Å². The highest BCUT2D eigenvalue weighted by Gasteiger charge is 2.06. The van der Waals surface area contributed by atoms with Crippen molar-refractivity contribution in [3.63, 3.8) is 0 Å². The first-order valence-electron chi connectivity index (χ1n) is 4.73. The Hall–Kier alpha value is -0.340. The predicted octanol–water partition coefficient (Wildman–Crippen LogP) is 3.51. The van der Waals surface area contributed by atoms with Crippen molar-refractivity contribution in [1.82, 2.24) is 5.32 Å². The fourth-order valence-electron chi connectivity index (χ4n) is 1.30. The minimum Gasteiger partial charge on any atom is -0.310 e. The van der Waals surface area contributed by atoms with Crippen LogP contribution in [0.25, 0.3) is 0 Å². The minimum atomic E-state index is 0.426. The van der Waals surface area contributed by atoms with E-state index < -0.39 is 0 Å². The highest BCUT2D eigenvalue weighted by Crippen LogP contribution is 2.22. The summed E-state index contributed by atoms with van der Waals surface area (Å²) >= 11 is 3.55. The summed E-state index contributed by atoms with van der Waals surface area (Å²) in [5.41, 5.74) is 1.33. The molecule has 0 aliphatic carbocycles. The van der Waals surface area contributed by atoms with Crippen molar-refractivity contribution in [3.05, 3.63) is 34.3 Å². The number of benzene rings is 1. The van der Waals surface area contributed by atoms with Gasteiger partial charge in [-0.15, -0.1) is 0 Å². The standard InChI is InChI=1S/C11H16BrN/c1-3-8-13-9(2)10-6-4-5-7-11(10)12/h4-7,9,13H,3,8H2,1-2H3. The third-order valence-corrected chi connectivity index (χ3v) is 2.79. The molecule has 0 spiro atoms. The molecule has 72 valence electrons. The lowest BCUT2D eigenvalue weighted by Gasteiger charge is -2.14. The number of halogens is 1. The molecule has 0 aromatic heterocycles. The first-order chi connectivity index (χ1) is 6.25. The zero-order valence-corrected chi connectivity index (χ0v) is 9.76. The van der Waals surface area contributed by atoms with Crippen LogP contribution in [0.15, 0.2) is 28.7 Å². The maximum atomic E-state index is 3.55. The van der Waals surface area contributed by atoms with Gasteiger partial charge >= 0.3 is 0 Å². The van der Waals surface area contributed by atoms with Crippen molar-refractivity contribution >= 4 is 15.9 Å². The summed E-state index contributed by atoms with van der Waals surface area (Å²) in [4.78, 5) is 0. The van der Waals surface area contributed by atoms with Crippen LogP contribution in [0.2, 0.25) is 0 Å². The van der Waals surface area contributed by atoms with E-state index in [-0.39, 0.29) is 0 Å². The molecule has 0 saturated carbocycles. The largest absolute Gasteiger partial charge is 0.310 e. The van der Waals surface area contributed by atoms with Crippen LogP contribution < -0.4 is 5.32 Å². The van der Waals surface area contributed by atoms with Gasteiger partial charge in [-0.05, 0) is 31.5 Å². The molecule has 0 heterocycles. The molecule has 0 aliphatic heterocycles. The summed E-state index contributed by atoms with van der Waals surface area (Å²) in [5, 5.41) is 3.46. The highest BCUT2D eigenvalue weighted by molar-refractivity contribution is 9.10. The van der Waals surface area contributed by atoms with Crippen LogP contribution in [0.1, 0.15) is 31.9 Å². The summed E-state index contributed by atoms with van der Waals surface area (Å²) in [7, 11) is 0. The Labute approximate surface area is 88.7 Å². The van der Waals surface area contributed by atoms with E-state index in [2.05, 4.69) is 53.3 Å². The normalized spacial score (nSPS) is 12.8. The Bertz CT molecular complexity index is 260. The molecule has 1 nitrogen and oxygen atoms in total. The Morgan fingerprint density at radius 3 is 2.69 bits per heavy atom. The van der Waals surface area contributed by atoms with Crippen molar-refractivity contribution in [3.8, 4) is 0 Å². The molecule has 0 aliphatic rings. The van der Waals surface area contributed by atoms with E-state index in [9.17, 15) is 0 Å². The molecule has 1 aromatic carbocycles. The van der Waals surface area contributed by atoms with Crippen LogP contribution in [0.5, 0.6) is 0 Å². The first kappa shape index (κ1) is 10.7. The average Bonchev–Trinajstić information content (AvgIpc) is 2.15. The molecule has 0 bridgehead atoms. The Morgan fingerprint density at radius 1 is 1.38 bits per heavy atom. The van der Waals surface area contributed by atoms with Crippen molar-refractivity contribution in [2.24, 2.45) is 0 Å². The van der Waals surface area contributed by atoms with Crippen molar-refractivity contribution < 1.29 is 0 Å². The Kier molecular flexibility index (Phi) is 4.46. The molecule has 0 fully saturated rings. The smallest absolute Gasteiger partial charge is 0.0302 e. The molecule has 1 unspecified atom stereocenters. The predicted molar refractivity (Wildman–Crippen MR) is 60.9 cm³/mol. The average molecular weight is 242 g/mol. The zero-order chi connectivity index (χ0) is 9.68. The van der Waals surface area contributed by atoms with Gasteiger partial charge in [0.25, 0.3) is 0 Å². The minimum absolute atomic E-state index is 0.426. The summed E-state index contributed by atoms with van der Waals surface area (Å²) in [5.74, 6) is 0. The van der Waals surface area contributed by atoms with E-state index in [1.165, 1.54) is 16.5 Å². The van der Waals surface area contributed by atoms with Gasteiger partial charge in [0.2, 0.25) is 0 Å². The van der Waals surface area contributed by atoms with Crippen LogP contribution in [-0.2, 0) is 0 Å². The van der Waals surface area contributed by atoms with Gasteiger partial charge in [-0.3, -0.25) is 0 Å². The van der Waals surface area contributed by atoms with E-state index in [0.717, 1.165) is 6.54 Å². The van der Waals surface area contributed by atoms with Crippen molar-refractivity contribution in [1.29, 1.82) is 0 Å². The fraction of sp³-hybridized carbons (Fsp3) is 0.455. The van der Waals surface area contributed by atoms with Gasteiger partial charge < -0.3 is 5.32 Å². The molecule has 13 heavy (non-hydrogen) atoms. The molecular formula is C11H16BrN. The van der Waals surface area contributed by atoms with Crippen LogP contribution in [0, 0.1) is 0 Å². The van der Waals surface area contributed by atoms with E-state index in [4.69, 9.17) is 0 Å². The molecule has 1 rings (SSSR count). The van der Waals surface area contributed by atoms with Gasteiger partial charge in [-0.2, -0.15) is 0 Å².